The molecule has 0 radical (unpaired) electrons. The van der Waals surface area contributed by atoms with Crippen LogP contribution in [-0.4, -0.2) is 22.7 Å². The van der Waals surface area contributed by atoms with Crippen LogP contribution in [0.2, 0.25) is 0 Å². The van der Waals surface area contributed by atoms with Gasteiger partial charge in [0.2, 0.25) is 0 Å². The molecule has 6 nitrogen and oxygen atoms in total. The van der Waals surface area contributed by atoms with Gasteiger partial charge in [0.25, 0.3) is 0 Å². The minimum Gasteiger partial charge on any atom is -0.494 e. The van der Waals surface area contributed by atoms with E-state index in [1.54, 1.807) is 11.2 Å². The third-order valence-corrected chi connectivity index (χ3v) is 5.50. The molecule has 31 heavy (non-hydrogen) atoms. The maximum Gasteiger partial charge on any atom is 0.415 e. The summed E-state index contributed by atoms with van der Waals surface area (Å²) in [6.45, 7) is 2.75. The van der Waals surface area contributed by atoms with Crippen LogP contribution in [0.4, 0.5) is 10.5 Å². The van der Waals surface area contributed by atoms with Crippen LogP contribution in [0.1, 0.15) is 36.6 Å². The van der Waals surface area contributed by atoms with Crippen molar-refractivity contribution in [1.29, 1.82) is 0 Å². The minimum absolute atomic E-state index is 0.313. The smallest absolute Gasteiger partial charge is 0.415 e. The number of ether oxygens (including phenoxy) is 2. The van der Waals surface area contributed by atoms with E-state index in [-0.39, 0.29) is 12.1 Å². The minimum atomic E-state index is -0.425. The number of nitrogens with zero attached hydrogens (tertiary/aromatic N) is 2. The quantitative estimate of drug-likeness (QED) is 0.434. The molecular formula is C25H23N3O3. The number of anilines is 1. The van der Waals surface area contributed by atoms with Crippen molar-refractivity contribution in [3.8, 4) is 5.75 Å². The summed E-state index contributed by atoms with van der Waals surface area (Å²) in [6.07, 6.45) is 1.80. The summed E-state index contributed by atoms with van der Waals surface area (Å²) in [7, 11) is 0. The number of carbonyl (C=O) groups is 1. The van der Waals surface area contributed by atoms with Crippen molar-refractivity contribution >= 4 is 22.8 Å². The second-order valence-corrected chi connectivity index (χ2v) is 7.55. The van der Waals surface area contributed by atoms with Gasteiger partial charge >= 0.3 is 6.09 Å². The number of rotatable bonds is 6. The summed E-state index contributed by atoms with van der Waals surface area (Å²) in [5, 5.41) is 0. The van der Waals surface area contributed by atoms with E-state index in [1.165, 1.54) is 0 Å². The average Bonchev–Trinajstić information content (AvgIpc) is 3.42. The summed E-state index contributed by atoms with van der Waals surface area (Å²) >= 11 is 0. The van der Waals surface area contributed by atoms with Gasteiger partial charge in [0, 0.05) is 0 Å². The van der Waals surface area contributed by atoms with Gasteiger partial charge in [-0.15, -0.1) is 0 Å². The number of H-pyrrole nitrogens is 1. The Morgan fingerprint density at radius 2 is 1.84 bits per heavy atom. The Hall–Kier alpha value is -3.80. The highest BCUT2D eigenvalue weighted by atomic mass is 16.6. The van der Waals surface area contributed by atoms with E-state index in [4.69, 9.17) is 9.47 Å². The van der Waals surface area contributed by atoms with Gasteiger partial charge in [-0.1, -0.05) is 49.4 Å². The maximum atomic E-state index is 13.1. The third kappa shape index (κ3) is 3.61. The zero-order valence-electron chi connectivity index (χ0n) is 17.2. The van der Waals surface area contributed by atoms with Gasteiger partial charge in [0.15, 0.2) is 6.10 Å². The SMILES string of the molecule is CCCOc1ccc(C2C(c3ccccc3)OC(=O)N2c2ccc3[nH]cnc3c2)cc1. The van der Waals surface area contributed by atoms with Gasteiger partial charge in [-0.05, 0) is 47.9 Å². The van der Waals surface area contributed by atoms with Crippen LogP contribution >= 0.6 is 0 Å². The van der Waals surface area contributed by atoms with Crippen LogP contribution in [-0.2, 0) is 4.74 Å². The fraction of sp³-hybridized carbons (Fsp3) is 0.200. The fourth-order valence-electron chi connectivity index (χ4n) is 4.01. The number of aromatic nitrogens is 2. The Morgan fingerprint density at radius 3 is 2.61 bits per heavy atom. The molecule has 0 saturated carbocycles. The first-order valence-corrected chi connectivity index (χ1v) is 10.5. The van der Waals surface area contributed by atoms with E-state index in [0.29, 0.717) is 6.61 Å². The average molecular weight is 413 g/mol. The number of aromatic amines is 1. The van der Waals surface area contributed by atoms with Crippen molar-refractivity contribution in [2.75, 3.05) is 11.5 Å². The van der Waals surface area contributed by atoms with Gasteiger partial charge in [-0.25, -0.2) is 9.78 Å². The fourth-order valence-corrected chi connectivity index (χ4v) is 4.01. The molecule has 0 spiro atoms. The maximum absolute atomic E-state index is 13.1. The van der Waals surface area contributed by atoms with E-state index in [1.807, 2.05) is 72.8 Å². The van der Waals surface area contributed by atoms with Gasteiger partial charge in [-0.2, -0.15) is 0 Å². The number of imidazole rings is 1. The number of carbonyl (C=O) groups excluding carboxylic acids is 1. The van der Waals surface area contributed by atoms with E-state index in [0.717, 1.165) is 40.0 Å². The highest BCUT2D eigenvalue weighted by Gasteiger charge is 2.44. The molecule has 1 aliphatic rings. The molecule has 6 heteroatoms. The van der Waals surface area contributed by atoms with Crippen LogP contribution in [0, 0.1) is 0 Å². The summed E-state index contributed by atoms with van der Waals surface area (Å²) < 4.78 is 11.6. The Bertz CT molecular complexity index is 1190. The van der Waals surface area contributed by atoms with Crippen molar-refractivity contribution in [3.05, 3.63) is 90.3 Å². The zero-order valence-corrected chi connectivity index (χ0v) is 17.2. The molecule has 3 aromatic carbocycles. The lowest BCUT2D eigenvalue weighted by Gasteiger charge is -2.25. The first-order chi connectivity index (χ1) is 15.2. The monoisotopic (exact) mass is 413 g/mol. The Labute approximate surface area is 180 Å². The second-order valence-electron chi connectivity index (χ2n) is 7.55. The number of nitrogens with one attached hydrogen (secondary N) is 1. The summed E-state index contributed by atoms with van der Waals surface area (Å²) in [4.78, 5) is 22.2. The molecule has 1 aromatic heterocycles. The molecule has 1 N–H and O–H groups in total. The highest BCUT2D eigenvalue weighted by molar-refractivity contribution is 5.93. The summed E-state index contributed by atoms with van der Waals surface area (Å²) in [6, 6.07) is 23.2. The van der Waals surface area contributed by atoms with Crippen molar-refractivity contribution in [1.82, 2.24) is 9.97 Å². The van der Waals surface area contributed by atoms with Crippen LogP contribution in [0.15, 0.2) is 79.1 Å². The van der Waals surface area contributed by atoms with Crippen molar-refractivity contribution in [2.24, 2.45) is 0 Å². The largest absolute Gasteiger partial charge is 0.494 e. The molecule has 1 amide bonds. The van der Waals surface area contributed by atoms with Crippen LogP contribution < -0.4 is 9.64 Å². The second kappa shape index (κ2) is 8.14. The molecular weight excluding hydrogens is 390 g/mol. The lowest BCUT2D eigenvalue weighted by atomic mass is 9.95. The molecule has 1 aliphatic heterocycles. The number of fused-ring (bicyclic) bond motifs is 1. The normalized spacial score (nSPS) is 18.4. The van der Waals surface area contributed by atoms with E-state index in [9.17, 15) is 4.79 Å². The van der Waals surface area contributed by atoms with E-state index in [2.05, 4.69) is 16.9 Å². The highest BCUT2D eigenvalue weighted by Crippen LogP contribution is 2.45. The van der Waals surface area contributed by atoms with Gasteiger partial charge in [-0.3, -0.25) is 4.90 Å². The lowest BCUT2D eigenvalue weighted by molar-refractivity contribution is 0.132. The molecule has 1 fully saturated rings. The summed E-state index contributed by atoms with van der Waals surface area (Å²) in [5.41, 5.74) is 4.40. The molecule has 1 saturated heterocycles. The number of benzene rings is 3. The number of amides is 1. The third-order valence-electron chi connectivity index (χ3n) is 5.50. The van der Waals surface area contributed by atoms with Gasteiger partial charge in [0.05, 0.1) is 29.7 Å². The van der Waals surface area contributed by atoms with Crippen molar-refractivity contribution in [3.63, 3.8) is 0 Å². The molecule has 0 aliphatic carbocycles. The summed E-state index contributed by atoms with van der Waals surface area (Å²) in [5.74, 6) is 0.816. The molecule has 4 aromatic rings. The Morgan fingerprint density at radius 1 is 1.03 bits per heavy atom. The number of hydrogen-bond acceptors (Lipinski definition) is 4. The van der Waals surface area contributed by atoms with Crippen LogP contribution in [0.3, 0.4) is 0 Å². The lowest BCUT2D eigenvalue weighted by Crippen LogP contribution is -2.27. The van der Waals surface area contributed by atoms with E-state index < -0.39 is 6.10 Å². The van der Waals surface area contributed by atoms with Crippen LogP contribution in [0.5, 0.6) is 5.75 Å². The van der Waals surface area contributed by atoms with Crippen molar-refractivity contribution in [2.45, 2.75) is 25.5 Å². The molecule has 156 valence electrons. The zero-order chi connectivity index (χ0) is 21.2. The molecule has 2 unspecified atom stereocenters. The molecule has 2 atom stereocenters. The molecule has 5 rings (SSSR count). The predicted molar refractivity (Wildman–Crippen MR) is 119 cm³/mol. The predicted octanol–water partition coefficient (Wildman–Crippen LogP) is 5.79. The Balaban J connectivity index is 1.57. The van der Waals surface area contributed by atoms with Crippen LogP contribution in [0.25, 0.3) is 11.0 Å². The molecule has 0 bridgehead atoms. The number of hydrogen-bond donors (Lipinski definition) is 1. The first kappa shape index (κ1) is 19.2. The topological polar surface area (TPSA) is 67.5 Å². The van der Waals surface area contributed by atoms with Crippen molar-refractivity contribution < 1.29 is 14.3 Å². The van der Waals surface area contributed by atoms with Gasteiger partial charge < -0.3 is 14.5 Å². The Kier molecular flexibility index (Phi) is 5.04. The number of cyclic esters (lactones) is 1. The standard InChI is InChI=1S/C25H23N3O3/c1-2-14-30-20-11-8-17(9-12-20)23-24(18-6-4-3-5-7-18)31-25(29)28(23)19-10-13-21-22(15-19)27-16-26-21/h3-13,15-16,23-24H,2,14H2,1H3,(H,26,27). The molecule has 2 heterocycles. The van der Waals surface area contributed by atoms with E-state index >= 15 is 0 Å². The first-order valence-electron chi connectivity index (χ1n) is 10.5. The van der Waals surface area contributed by atoms with Gasteiger partial charge in [0.1, 0.15) is 11.8 Å².